The quantitative estimate of drug-likeness (QED) is 0.781. The lowest BCUT2D eigenvalue weighted by molar-refractivity contribution is -0.157. The molecule has 1 aromatic rings. The average molecular weight is 251 g/mol. The third kappa shape index (κ3) is 4.85. The number of ether oxygens (including phenoxy) is 1. The van der Waals surface area contributed by atoms with Crippen LogP contribution >= 0.6 is 0 Å². The van der Waals surface area contributed by atoms with Crippen molar-refractivity contribution in [1.82, 2.24) is 5.32 Å². The largest absolute Gasteiger partial charge is 0.459 e. The van der Waals surface area contributed by atoms with E-state index in [4.69, 9.17) is 9.84 Å². The van der Waals surface area contributed by atoms with Gasteiger partial charge in [0, 0.05) is 6.54 Å². The first kappa shape index (κ1) is 14.7. The van der Waals surface area contributed by atoms with E-state index in [9.17, 15) is 4.79 Å². The molecule has 0 heterocycles. The highest BCUT2D eigenvalue weighted by Gasteiger charge is 2.25. The van der Waals surface area contributed by atoms with Crippen molar-refractivity contribution >= 4 is 5.97 Å². The minimum absolute atomic E-state index is 0.0217. The molecule has 1 aromatic carbocycles. The second-order valence-electron chi connectivity index (χ2n) is 5.05. The van der Waals surface area contributed by atoms with Gasteiger partial charge in [-0.15, -0.1) is 0 Å². The van der Waals surface area contributed by atoms with E-state index in [0.717, 1.165) is 5.56 Å². The van der Waals surface area contributed by atoms with E-state index in [0.29, 0.717) is 6.54 Å². The zero-order valence-corrected chi connectivity index (χ0v) is 11.1. The molecule has 0 fully saturated rings. The molecule has 18 heavy (non-hydrogen) atoms. The van der Waals surface area contributed by atoms with Gasteiger partial charge in [0.2, 0.25) is 0 Å². The van der Waals surface area contributed by atoms with Crippen LogP contribution in [0.1, 0.15) is 32.4 Å². The summed E-state index contributed by atoms with van der Waals surface area (Å²) in [6.07, 6.45) is 0. The molecule has 1 atom stereocenters. The molecule has 0 spiro atoms. The van der Waals surface area contributed by atoms with E-state index in [1.807, 2.05) is 51.1 Å². The van der Waals surface area contributed by atoms with Crippen molar-refractivity contribution < 1.29 is 14.6 Å². The highest BCUT2D eigenvalue weighted by atomic mass is 16.6. The number of rotatable bonds is 5. The molecule has 0 saturated heterocycles. The Morgan fingerprint density at radius 1 is 1.33 bits per heavy atom. The maximum absolute atomic E-state index is 12.1. The van der Waals surface area contributed by atoms with Gasteiger partial charge < -0.3 is 9.84 Å². The fourth-order valence-electron chi connectivity index (χ4n) is 1.55. The molecule has 0 aliphatic heterocycles. The van der Waals surface area contributed by atoms with Crippen LogP contribution in [0.2, 0.25) is 0 Å². The Hall–Kier alpha value is -1.39. The Bertz CT molecular complexity index is 370. The summed E-state index contributed by atoms with van der Waals surface area (Å²) in [5.74, 6) is -0.331. The topological polar surface area (TPSA) is 58.6 Å². The number of carbonyl (C=O) groups is 1. The zero-order chi connectivity index (χ0) is 13.6. The van der Waals surface area contributed by atoms with Crippen LogP contribution < -0.4 is 5.32 Å². The normalized spacial score (nSPS) is 13.1. The molecule has 4 heteroatoms. The van der Waals surface area contributed by atoms with Crippen molar-refractivity contribution in [2.24, 2.45) is 0 Å². The van der Waals surface area contributed by atoms with Crippen LogP contribution in [0.5, 0.6) is 0 Å². The summed E-state index contributed by atoms with van der Waals surface area (Å²) in [5.41, 5.74) is 0.311. The Morgan fingerprint density at radius 3 is 2.44 bits per heavy atom. The number of hydrogen-bond acceptors (Lipinski definition) is 4. The first-order valence-electron chi connectivity index (χ1n) is 6.06. The fourth-order valence-corrected chi connectivity index (χ4v) is 1.55. The summed E-state index contributed by atoms with van der Waals surface area (Å²) < 4.78 is 5.37. The van der Waals surface area contributed by atoms with Gasteiger partial charge in [0.15, 0.2) is 0 Å². The molecule has 0 saturated carbocycles. The fraction of sp³-hybridized carbons (Fsp3) is 0.500. The number of aliphatic hydroxyl groups excluding tert-OH is 1. The summed E-state index contributed by atoms with van der Waals surface area (Å²) >= 11 is 0. The van der Waals surface area contributed by atoms with Gasteiger partial charge in [-0.1, -0.05) is 30.3 Å². The minimum atomic E-state index is -0.544. The Kier molecular flexibility index (Phi) is 5.31. The highest BCUT2D eigenvalue weighted by molar-refractivity contribution is 5.78. The van der Waals surface area contributed by atoms with Gasteiger partial charge in [-0.2, -0.15) is 0 Å². The Balaban J connectivity index is 2.82. The van der Waals surface area contributed by atoms with Crippen LogP contribution in [0.25, 0.3) is 0 Å². The summed E-state index contributed by atoms with van der Waals surface area (Å²) in [6.45, 7) is 5.82. The average Bonchev–Trinajstić information content (AvgIpc) is 2.28. The van der Waals surface area contributed by atoms with Crippen molar-refractivity contribution in [3.63, 3.8) is 0 Å². The molecule has 0 unspecified atom stereocenters. The van der Waals surface area contributed by atoms with E-state index in [1.165, 1.54) is 0 Å². The summed E-state index contributed by atoms with van der Waals surface area (Å²) in [7, 11) is 0. The molecule has 2 N–H and O–H groups in total. The third-order valence-corrected chi connectivity index (χ3v) is 2.24. The van der Waals surface area contributed by atoms with Gasteiger partial charge in [-0.3, -0.25) is 5.32 Å². The van der Waals surface area contributed by atoms with Crippen LogP contribution in [-0.4, -0.2) is 29.8 Å². The molecule has 0 aliphatic carbocycles. The first-order valence-corrected chi connectivity index (χ1v) is 6.06. The SMILES string of the molecule is CC(C)(C)OC(=O)[C@H](NCCO)c1ccccc1. The van der Waals surface area contributed by atoms with Crippen molar-refractivity contribution in [3.05, 3.63) is 35.9 Å². The van der Waals surface area contributed by atoms with Crippen LogP contribution in [0.15, 0.2) is 30.3 Å². The maximum atomic E-state index is 12.1. The molecule has 1 rings (SSSR count). The number of esters is 1. The van der Waals surface area contributed by atoms with E-state index >= 15 is 0 Å². The van der Waals surface area contributed by atoms with Gasteiger partial charge in [-0.25, -0.2) is 4.79 Å². The van der Waals surface area contributed by atoms with Crippen LogP contribution in [0.4, 0.5) is 0 Å². The van der Waals surface area contributed by atoms with Crippen LogP contribution in [-0.2, 0) is 9.53 Å². The van der Waals surface area contributed by atoms with Crippen LogP contribution in [0.3, 0.4) is 0 Å². The summed E-state index contributed by atoms with van der Waals surface area (Å²) in [4.78, 5) is 12.1. The van der Waals surface area contributed by atoms with Crippen molar-refractivity contribution in [2.75, 3.05) is 13.2 Å². The minimum Gasteiger partial charge on any atom is -0.459 e. The van der Waals surface area contributed by atoms with E-state index < -0.39 is 11.6 Å². The van der Waals surface area contributed by atoms with Crippen LogP contribution in [0, 0.1) is 0 Å². The molecular weight excluding hydrogens is 230 g/mol. The standard InChI is InChI=1S/C14H21NO3/c1-14(2,3)18-13(17)12(15-9-10-16)11-7-5-4-6-8-11/h4-8,12,15-16H,9-10H2,1-3H3/t12-/m1/s1. The number of nitrogens with one attached hydrogen (secondary N) is 1. The number of aliphatic hydroxyl groups is 1. The molecular formula is C14H21NO3. The Morgan fingerprint density at radius 2 is 1.94 bits per heavy atom. The molecule has 0 aromatic heterocycles. The zero-order valence-electron chi connectivity index (χ0n) is 11.1. The van der Waals surface area contributed by atoms with Gasteiger partial charge in [0.1, 0.15) is 11.6 Å². The first-order chi connectivity index (χ1) is 8.44. The summed E-state index contributed by atoms with van der Waals surface area (Å²) in [5, 5.41) is 11.8. The smallest absolute Gasteiger partial charge is 0.328 e. The number of benzene rings is 1. The second kappa shape index (κ2) is 6.52. The predicted octanol–water partition coefficient (Wildman–Crippen LogP) is 1.65. The van der Waals surface area contributed by atoms with Gasteiger partial charge in [0.05, 0.1) is 6.61 Å². The lowest BCUT2D eigenvalue weighted by atomic mass is 10.1. The van der Waals surface area contributed by atoms with E-state index in [-0.39, 0.29) is 12.6 Å². The highest BCUT2D eigenvalue weighted by Crippen LogP contribution is 2.18. The number of hydrogen-bond donors (Lipinski definition) is 2. The summed E-state index contributed by atoms with van der Waals surface area (Å²) in [6, 6.07) is 8.80. The third-order valence-electron chi connectivity index (χ3n) is 2.24. The second-order valence-corrected chi connectivity index (χ2v) is 5.05. The van der Waals surface area contributed by atoms with Crippen molar-refractivity contribution in [1.29, 1.82) is 0 Å². The lowest BCUT2D eigenvalue weighted by Crippen LogP contribution is -2.36. The van der Waals surface area contributed by atoms with Gasteiger partial charge in [0.25, 0.3) is 0 Å². The van der Waals surface area contributed by atoms with E-state index in [1.54, 1.807) is 0 Å². The molecule has 0 bridgehead atoms. The maximum Gasteiger partial charge on any atom is 0.328 e. The Labute approximate surface area is 108 Å². The molecule has 0 radical (unpaired) electrons. The molecule has 0 amide bonds. The van der Waals surface area contributed by atoms with Crippen molar-refractivity contribution in [2.45, 2.75) is 32.4 Å². The van der Waals surface area contributed by atoms with E-state index in [2.05, 4.69) is 5.32 Å². The molecule has 4 nitrogen and oxygen atoms in total. The monoisotopic (exact) mass is 251 g/mol. The van der Waals surface area contributed by atoms with Crippen molar-refractivity contribution in [3.8, 4) is 0 Å². The molecule has 100 valence electrons. The van der Waals surface area contributed by atoms with Gasteiger partial charge >= 0.3 is 5.97 Å². The predicted molar refractivity (Wildman–Crippen MR) is 70.1 cm³/mol. The lowest BCUT2D eigenvalue weighted by Gasteiger charge is -2.24. The van der Waals surface area contributed by atoms with Gasteiger partial charge in [-0.05, 0) is 26.3 Å². The number of carbonyl (C=O) groups excluding carboxylic acids is 1. The molecule has 0 aliphatic rings.